The molecule has 1 aromatic heterocycles. The van der Waals surface area contributed by atoms with Gasteiger partial charge >= 0.3 is 0 Å². The number of anilines is 2. The molecule has 106 valence electrons. The van der Waals surface area contributed by atoms with Crippen molar-refractivity contribution in [2.75, 3.05) is 5.32 Å². The number of nitrogens with zero attached hydrogens (tertiary/aromatic N) is 1. The number of fused-ring (bicyclic) bond motifs is 1. The van der Waals surface area contributed by atoms with Crippen molar-refractivity contribution in [3.63, 3.8) is 0 Å². The molecule has 4 heteroatoms. The number of nitrogens with one attached hydrogen (secondary N) is 1. The van der Waals surface area contributed by atoms with E-state index in [1.807, 2.05) is 56.3 Å². The fraction of sp³-hybridized carbons (Fsp3) is 0.118. The number of para-hydroxylation sites is 1. The first kappa shape index (κ1) is 14.2. The number of rotatable bonds is 2. The van der Waals surface area contributed by atoms with Gasteiger partial charge in [0, 0.05) is 21.7 Å². The maximum Gasteiger partial charge on any atom is 0.135 e. The van der Waals surface area contributed by atoms with Gasteiger partial charge in [0.2, 0.25) is 0 Å². The van der Waals surface area contributed by atoms with Gasteiger partial charge in [-0.25, -0.2) is 4.98 Å². The van der Waals surface area contributed by atoms with Crippen molar-refractivity contribution in [2.45, 2.75) is 13.8 Å². The lowest BCUT2D eigenvalue weighted by atomic mass is 10.1. The third kappa shape index (κ3) is 2.69. The lowest BCUT2D eigenvalue weighted by Crippen LogP contribution is -1.99. The van der Waals surface area contributed by atoms with Crippen molar-refractivity contribution in [3.05, 3.63) is 63.6 Å². The lowest BCUT2D eigenvalue weighted by Gasteiger charge is -2.13. The Hall–Kier alpha value is -1.77. The van der Waals surface area contributed by atoms with Crippen molar-refractivity contribution < 1.29 is 0 Å². The van der Waals surface area contributed by atoms with E-state index in [-0.39, 0.29) is 0 Å². The maximum atomic E-state index is 6.49. The molecule has 0 saturated carbocycles. The Kier molecular flexibility index (Phi) is 3.75. The second-order valence-corrected chi connectivity index (χ2v) is 5.82. The maximum absolute atomic E-state index is 6.49. The van der Waals surface area contributed by atoms with Crippen LogP contribution in [0.4, 0.5) is 11.5 Å². The highest BCUT2D eigenvalue weighted by molar-refractivity contribution is 6.36. The Bertz CT molecular complexity index is 811. The summed E-state index contributed by atoms with van der Waals surface area (Å²) in [6.45, 7) is 4.00. The zero-order chi connectivity index (χ0) is 15.0. The average Bonchev–Trinajstić information content (AvgIpc) is 2.48. The molecule has 3 rings (SSSR count). The molecule has 3 aromatic rings. The Morgan fingerprint density at radius 2 is 1.67 bits per heavy atom. The second kappa shape index (κ2) is 5.55. The van der Waals surface area contributed by atoms with E-state index in [9.17, 15) is 0 Å². The van der Waals surface area contributed by atoms with Crippen molar-refractivity contribution in [2.24, 2.45) is 0 Å². The first-order chi connectivity index (χ1) is 10.1. The summed E-state index contributed by atoms with van der Waals surface area (Å²) in [5.74, 6) is 0.768. The molecule has 1 N–H and O–H groups in total. The summed E-state index contributed by atoms with van der Waals surface area (Å²) < 4.78 is 0. The van der Waals surface area contributed by atoms with Crippen molar-refractivity contribution in [1.82, 2.24) is 4.98 Å². The molecular formula is C17H14Cl2N2. The van der Waals surface area contributed by atoms with Crippen molar-refractivity contribution in [1.29, 1.82) is 0 Å². The van der Waals surface area contributed by atoms with Gasteiger partial charge in [-0.1, -0.05) is 41.4 Å². The molecule has 0 saturated heterocycles. The Morgan fingerprint density at radius 3 is 2.38 bits per heavy atom. The SMILES string of the molecule is Cc1c(Nc2ccc(Cl)cc2)nc2c(C)cccc2c1Cl. The highest BCUT2D eigenvalue weighted by atomic mass is 35.5. The first-order valence-electron chi connectivity index (χ1n) is 6.64. The van der Waals surface area contributed by atoms with E-state index in [4.69, 9.17) is 28.2 Å². The third-order valence-corrected chi connectivity index (χ3v) is 4.23. The van der Waals surface area contributed by atoms with E-state index >= 15 is 0 Å². The summed E-state index contributed by atoms with van der Waals surface area (Å²) in [4.78, 5) is 4.72. The molecule has 0 atom stereocenters. The van der Waals surface area contributed by atoms with E-state index < -0.39 is 0 Å². The number of hydrogen-bond acceptors (Lipinski definition) is 2. The van der Waals surface area contributed by atoms with Gasteiger partial charge in [-0.2, -0.15) is 0 Å². The molecule has 0 radical (unpaired) electrons. The van der Waals surface area contributed by atoms with Crippen LogP contribution in [0.25, 0.3) is 10.9 Å². The molecule has 0 aliphatic carbocycles. The zero-order valence-electron chi connectivity index (χ0n) is 11.7. The van der Waals surface area contributed by atoms with E-state index in [0.29, 0.717) is 5.02 Å². The summed E-state index contributed by atoms with van der Waals surface area (Å²) in [6, 6.07) is 13.5. The summed E-state index contributed by atoms with van der Waals surface area (Å²) in [5.41, 5.74) is 3.89. The minimum absolute atomic E-state index is 0.706. The molecule has 0 amide bonds. The number of aryl methyl sites for hydroxylation is 1. The fourth-order valence-electron chi connectivity index (χ4n) is 2.28. The molecule has 1 heterocycles. The normalized spacial score (nSPS) is 10.9. The van der Waals surface area contributed by atoms with Crippen LogP contribution in [0.5, 0.6) is 0 Å². The van der Waals surface area contributed by atoms with E-state index in [0.717, 1.165) is 38.6 Å². The van der Waals surface area contributed by atoms with E-state index in [1.54, 1.807) is 0 Å². The van der Waals surface area contributed by atoms with Gasteiger partial charge in [0.25, 0.3) is 0 Å². The molecule has 0 aliphatic rings. The van der Waals surface area contributed by atoms with Crippen LogP contribution in [0.15, 0.2) is 42.5 Å². The van der Waals surface area contributed by atoms with Crippen LogP contribution < -0.4 is 5.32 Å². The van der Waals surface area contributed by atoms with Gasteiger partial charge in [-0.15, -0.1) is 0 Å². The summed E-state index contributed by atoms with van der Waals surface area (Å²) in [6.07, 6.45) is 0. The minimum Gasteiger partial charge on any atom is -0.340 e. The van der Waals surface area contributed by atoms with Crippen LogP contribution >= 0.6 is 23.2 Å². The number of benzene rings is 2. The van der Waals surface area contributed by atoms with Crippen LogP contribution in [0, 0.1) is 13.8 Å². The quantitative estimate of drug-likeness (QED) is 0.636. The van der Waals surface area contributed by atoms with Crippen LogP contribution in [-0.2, 0) is 0 Å². The molecule has 0 bridgehead atoms. The topological polar surface area (TPSA) is 24.9 Å². The second-order valence-electron chi connectivity index (χ2n) is 5.00. The van der Waals surface area contributed by atoms with Crippen LogP contribution in [0.3, 0.4) is 0 Å². The van der Waals surface area contributed by atoms with Gasteiger partial charge in [-0.05, 0) is 43.7 Å². The molecule has 0 spiro atoms. The van der Waals surface area contributed by atoms with E-state index in [1.165, 1.54) is 0 Å². The molecule has 2 aromatic carbocycles. The monoisotopic (exact) mass is 316 g/mol. The largest absolute Gasteiger partial charge is 0.340 e. The molecule has 0 fully saturated rings. The van der Waals surface area contributed by atoms with Gasteiger partial charge in [0.15, 0.2) is 0 Å². The Morgan fingerprint density at radius 1 is 0.952 bits per heavy atom. The number of halogens is 2. The average molecular weight is 317 g/mol. The number of hydrogen-bond donors (Lipinski definition) is 1. The first-order valence-corrected chi connectivity index (χ1v) is 7.40. The van der Waals surface area contributed by atoms with Gasteiger partial charge in [0.05, 0.1) is 10.5 Å². The highest BCUT2D eigenvalue weighted by Crippen LogP contribution is 2.33. The molecule has 0 aliphatic heterocycles. The Balaban J connectivity index is 2.12. The smallest absolute Gasteiger partial charge is 0.135 e. The van der Waals surface area contributed by atoms with Crippen molar-refractivity contribution >= 4 is 45.6 Å². The van der Waals surface area contributed by atoms with Gasteiger partial charge in [-0.3, -0.25) is 0 Å². The molecular weight excluding hydrogens is 303 g/mol. The Labute approximate surface area is 133 Å². The fourth-order valence-corrected chi connectivity index (χ4v) is 2.65. The van der Waals surface area contributed by atoms with Crippen LogP contribution in [0.1, 0.15) is 11.1 Å². The zero-order valence-corrected chi connectivity index (χ0v) is 13.3. The van der Waals surface area contributed by atoms with Crippen molar-refractivity contribution in [3.8, 4) is 0 Å². The molecule has 21 heavy (non-hydrogen) atoms. The summed E-state index contributed by atoms with van der Waals surface area (Å²) >= 11 is 12.4. The predicted molar refractivity (Wildman–Crippen MR) is 91.0 cm³/mol. The predicted octanol–water partition coefficient (Wildman–Crippen LogP) is 5.90. The molecule has 0 unspecified atom stereocenters. The number of pyridine rings is 1. The summed E-state index contributed by atoms with van der Waals surface area (Å²) in [5, 5.41) is 5.73. The van der Waals surface area contributed by atoms with Crippen LogP contribution in [-0.4, -0.2) is 4.98 Å². The standard InChI is InChI=1S/C17H14Cl2N2/c1-10-4-3-5-14-15(19)11(2)17(21-16(10)14)20-13-8-6-12(18)7-9-13/h3-9H,1-2H3,(H,20,21). The third-order valence-electron chi connectivity index (χ3n) is 3.49. The van der Waals surface area contributed by atoms with Gasteiger partial charge in [0.1, 0.15) is 5.82 Å². The van der Waals surface area contributed by atoms with Gasteiger partial charge < -0.3 is 5.32 Å². The van der Waals surface area contributed by atoms with E-state index in [2.05, 4.69) is 5.32 Å². The summed E-state index contributed by atoms with van der Waals surface area (Å²) in [7, 11) is 0. The van der Waals surface area contributed by atoms with Crippen LogP contribution in [0.2, 0.25) is 10.0 Å². The minimum atomic E-state index is 0.706. The molecule has 2 nitrogen and oxygen atoms in total. The number of aromatic nitrogens is 1. The lowest BCUT2D eigenvalue weighted by molar-refractivity contribution is 1.29. The highest BCUT2D eigenvalue weighted by Gasteiger charge is 2.11.